The van der Waals surface area contributed by atoms with E-state index in [1.54, 1.807) is 0 Å². The summed E-state index contributed by atoms with van der Waals surface area (Å²) in [5.41, 5.74) is 0. The smallest absolute Gasteiger partial charge is 0.320 e. The molecule has 5 heteroatoms. The van der Waals surface area contributed by atoms with Crippen LogP contribution in [-0.2, 0) is 19.1 Å². The molecule has 0 N–H and O–H groups in total. The molecule has 0 heterocycles. The first kappa shape index (κ1) is 20.8. The summed E-state index contributed by atoms with van der Waals surface area (Å²) in [6.45, 7) is 6.76. The SMILES string of the molecule is CCCCOC(=O)C(CCC)C(=O)OCCCC.[Li]. The Morgan fingerprint density at radius 1 is 0.842 bits per heavy atom. The third-order valence-electron chi connectivity index (χ3n) is 2.63. The number of rotatable bonds is 10. The van der Waals surface area contributed by atoms with Crippen LogP contribution < -0.4 is 0 Å². The fourth-order valence-corrected chi connectivity index (χ4v) is 1.46. The molecule has 0 saturated heterocycles. The van der Waals surface area contributed by atoms with Gasteiger partial charge in [0.15, 0.2) is 5.92 Å². The second-order valence-electron chi connectivity index (χ2n) is 4.38. The number of hydrogen-bond donors (Lipinski definition) is 0. The summed E-state index contributed by atoms with van der Waals surface area (Å²) in [7, 11) is 0. The second-order valence-corrected chi connectivity index (χ2v) is 4.38. The zero-order valence-corrected chi connectivity index (χ0v) is 12.9. The maximum Gasteiger partial charge on any atom is 0.320 e. The van der Waals surface area contributed by atoms with Crippen LogP contribution in [0.25, 0.3) is 0 Å². The molecule has 19 heavy (non-hydrogen) atoms. The van der Waals surface area contributed by atoms with Crippen LogP contribution in [0.2, 0.25) is 0 Å². The summed E-state index contributed by atoms with van der Waals surface area (Å²) < 4.78 is 10.2. The molecular weight excluding hydrogens is 239 g/mol. The van der Waals surface area contributed by atoms with Crippen molar-refractivity contribution in [2.75, 3.05) is 13.2 Å². The minimum atomic E-state index is -0.747. The maximum absolute atomic E-state index is 11.8. The molecule has 0 saturated carbocycles. The molecule has 0 spiro atoms. The number of esters is 2. The van der Waals surface area contributed by atoms with Crippen molar-refractivity contribution >= 4 is 30.8 Å². The number of ether oxygens (including phenoxy) is 2. The van der Waals surface area contributed by atoms with Crippen LogP contribution in [0.1, 0.15) is 59.3 Å². The predicted molar refractivity (Wildman–Crippen MR) is 75.9 cm³/mol. The van der Waals surface area contributed by atoms with Crippen molar-refractivity contribution in [2.45, 2.75) is 59.3 Å². The van der Waals surface area contributed by atoms with Gasteiger partial charge < -0.3 is 9.47 Å². The minimum absolute atomic E-state index is 0. The summed E-state index contributed by atoms with van der Waals surface area (Å²) in [5.74, 6) is -1.62. The van der Waals surface area contributed by atoms with Gasteiger partial charge in [0.1, 0.15) is 0 Å². The van der Waals surface area contributed by atoms with Crippen LogP contribution in [0.15, 0.2) is 0 Å². The number of carbonyl (C=O) groups excluding carboxylic acids is 2. The van der Waals surface area contributed by atoms with Crippen molar-refractivity contribution in [2.24, 2.45) is 5.92 Å². The molecule has 0 atom stereocenters. The van der Waals surface area contributed by atoms with Gasteiger partial charge in [-0.25, -0.2) is 0 Å². The van der Waals surface area contributed by atoms with E-state index in [2.05, 4.69) is 0 Å². The molecule has 0 aliphatic carbocycles. The average molecular weight is 265 g/mol. The Hall–Kier alpha value is -0.463. The number of unbranched alkanes of at least 4 members (excludes halogenated alkanes) is 2. The van der Waals surface area contributed by atoms with E-state index in [-0.39, 0.29) is 18.9 Å². The Bertz CT molecular complexity index is 222. The molecule has 4 nitrogen and oxygen atoms in total. The van der Waals surface area contributed by atoms with Crippen molar-refractivity contribution in [1.82, 2.24) is 0 Å². The van der Waals surface area contributed by atoms with Crippen molar-refractivity contribution < 1.29 is 19.1 Å². The van der Waals surface area contributed by atoms with Gasteiger partial charge in [0, 0.05) is 18.9 Å². The minimum Gasteiger partial charge on any atom is -0.465 e. The van der Waals surface area contributed by atoms with Gasteiger partial charge in [0.2, 0.25) is 0 Å². The van der Waals surface area contributed by atoms with Crippen LogP contribution in [0, 0.1) is 5.92 Å². The maximum atomic E-state index is 11.8. The van der Waals surface area contributed by atoms with Gasteiger partial charge in [0.05, 0.1) is 13.2 Å². The standard InChI is InChI=1S/C14H26O4.Li/c1-4-7-10-17-13(15)12(9-6-3)14(16)18-11-8-5-2;/h12H,4-11H2,1-3H3;. The first-order chi connectivity index (χ1) is 8.67. The second kappa shape index (κ2) is 14.0. The van der Waals surface area contributed by atoms with Gasteiger partial charge in [-0.1, -0.05) is 40.0 Å². The first-order valence-corrected chi connectivity index (χ1v) is 7.00. The monoisotopic (exact) mass is 265 g/mol. The Morgan fingerprint density at radius 2 is 1.26 bits per heavy atom. The third kappa shape index (κ3) is 10.0. The Morgan fingerprint density at radius 3 is 1.58 bits per heavy atom. The summed E-state index contributed by atoms with van der Waals surface area (Å²) in [6, 6.07) is 0. The summed E-state index contributed by atoms with van der Waals surface area (Å²) in [6.07, 6.45) is 4.84. The molecule has 0 aromatic heterocycles. The van der Waals surface area contributed by atoms with Crippen molar-refractivity contribution in [1.29, 1.82) is 0 Å². The van der Waals surface area contributed by atoms with Crippen molar-refractivity contribution in [3.63, 3.8) is 0 Å². The summed E-state index contributed by atoms with van der Waals surface area (Å²) in [4.78, 5) is 23.5. The Labute approximate surface area is 128 Å². The molecule has 107 valence electrons. The van der Waals surface area contributed by atoms with E-state index < -0.39 is 17.9 Å². The quantitative estimate of drug-likeness (QED) is 0.264. The first-order valence-electron chi connectivity index (χ1n) is 7.00. The predicted octanol–water partition coefficient (Wildman–Crippen LogP) is 2.71. The molecule has 0 bridgehead atoms. The molecule has 0 aromatic carbocycles. The Kier molecular flexibility index (Phi) is 15.3. The largest absolute Gasteiger partial charge is 0.465 e. The van der Waals surface area contributed by atoms with E-state index in [0.29, 0.717) is 19.6 Å². The number of carbonyl (C=O) groups is 2. The number of hydrogen-bond acceptors (Lipinski definition) is 4. The van der Waals surface area contributed by atoms with Gasteiger partial charge in [-0.2, -0.15) is 0 Å². The van der Waals surface area contributed by atoms with Gasteiger partial charge in [-0.05, 0) is 19.3 Å². The Balaban J connectivity index is 0. The molecule has 0 aliphatic heterocycles. The fourth-order valence-electron chi connectivity index (χ4n) is 1.46. The molecule has 0 amide bonds. The van der Waals surface area contributed by atoms with E-state index in [9.17, 15) is 9.59 Å². The molecule has 0 rings (SSSR count). The van der Waals surface area contributed by atoms with Crippen molar-refractivity contribution in [3.05, 3.63) is 0 Å². The summed E-state index contributed by atoms with van der Waals surface area (Å²) >= 11 is 0. The van der Waals surface area contributed by atoms with E-state index in [1.165, 1.54) is 0 Å². The molecule has 1 radical (unpaired) electrons. The summed E-state index contributed by atoms with van der Waals surface area (Å²) in [5, 5.41) is 0. The zero-order valence-electron chi connectivity index (χ0n) is 12.9. The van der Waals surface area contributed by atoms with E-state index in [1.807, 2.05) is 20.8 Å². The van der Waals surface area contributed by atoms with Gasteiger partial charge in [-0.15, -0.1) is 0 Å². The molecule has 0 aliphatic rings. The van der Waals surface area contributed by atoms with Crippen LogP contribution in [0.3, 0.4) is 0 Å². The molecule has 0 aromatic rings. The molecular formula is C14H26LiO4. The van der Waals surface area contributed by atoms with Crippen LogP contribution >= 0.6 is 0 Å². The molecule has 0 fully saturated rings. The van der Waals surface area contributed by atoms with Crippen LogP contribution in [0.4, 0.5) is 0 Å². The van der Waals surface area contributed by atoms with E-state index >= 15 is 0 Å². The van der Waals surface area contributed by atoms with Gasteiger partial charge in [0.25, 0.3) is 0 Å². The average Bonchev–Trinajstić information content (AvgIpc) is 2.36. The van der Waals surface area contributed by atoms with Crippen LogP contribution in [-0.4, -0.2) is 44.0 Å². The normalized spacial score (nSPS) is 9.89. The fraction of sp³-hybridized carbons (Fsp3) is 0.857. The topological polar surface area (TPSA) is 52.6 Å². The zero-order chi connectivity index (χ0) is 13.8. The third-order valence-corrected chi connectivity index (χ3v) is 2.63. The van der Waals surface area contributed by atoms with Crippen LogP contribution in [0.5, 0.6) is 0 Å². The van der Waals surface area contributed by atoms with Crippen molar-refractivity contribution in [3.8, 4) is 0 Å². The van der Waals surface area contributed by atoms with Gasteiger partial charge in [-0.3, -0.25) is 9.59 Å². The van der Waals surface area contributed by atoms with Gasteiger partial charge >= 0.3 is 11.9 Å². The van der Waals surface area contributed by atoms with E-state index in [4.69, 9.17) is 9.47 Å². The molecule has 0 unspecified atom stereocenters. The van der Waals surface area contributed by atoms with E-state index in [0.717, 1.165) is 32.1 Å².